The molecule has 0 amide bonds. The highest BCUT2D eigenvalue weighted by atomic mass is 16.5. The van der Waals surface area contributed by atoms with E-state index in [0.29, 0.717) is 0 Å². The highest BCUT2D eigenvalue weighted by Gasteiger charge is 2.31. The van der Waals surface area contributed by atoms with Crippen LogP contribution in [0.2, 0.25) is 0 Å². The smallest absolute Gasteiger partial charge is 0.142 e. The van der Waals surface area contributed by atoms with Crippen molar-refractivity contribution in [2.75, 3.05) is 20.2 Å². The minimum absolute atomic E-state index is 0.265. The van der Waals surface area contributed by atoms with Crippen LogP contribution < -0.4 is 5.32 Å². The Hall–Kier alpha value is -0.780. The van der Waals surface area contributed by atoms with Crippen molar-refractivity contribution >= 4 is 0 Å². The van der Waals surface area contributed by atoms with E-state index < -0.39 is 0 Å². The summed E-state index contributed by atoms with van der Waals surface area (Å²) in [5, 5.41) is 3.23. The topological polar surface area (TPSA) is 21.3 Å². The second kappa shape index (κ2) is 3.75. The molecule has 0 spiro atoms. The van der Waals surface area contributed by atoms with Gasteiger partial charge in [0.2, 0.25) is 0 Å². The molecule has 0 bridgehead atoms. The van der Waals surface area contributed by atoms with E-state index in [4.69, 9.17) is 4.74 Å². The second-order valence-electron chi connectivity index (χ2n) is 3.16. The van der Waals surface area contributed by atoms with Crippen LogP contribution in [0.25, 0.3) is 0 Å². The number of hydrogen-bond acceptors (Lipinski definition) is 2. The molecule has 1 atom stereocenters. The zero-order valence-electron chi connectivity index (χ0n) is 7.74. The molecule has 0 aromatic heterocycles. The van der Waals surface area contributed by atoms with Crippen LogP contribution in [0.15, 0.2) is 12.2 Å². The molecule has 66 valence electrons. The quantitative estimate of drug-likeness (QED) is 0.584. The van der Waals surface area contributed by atoms with Crippen molar-refractivity contribution in [2.45, 2.75) is 18.9 Å². The zero-order valence-corrected chi connectivity index (χ0v) is 7.74. The molecule has 1 N–H and O–H groups in total. The number of hydrogen-bond donors (Lipinski definition) is 1. The molecule has 1 heterocycles. The van der Waals surface area contributed by atoms with Gasteiger partial charge in [0.15, 0.2) is 0 Å². The lowest BCUT2D eigenvalue weighted by Gasteiger charge is -2.18. The molecule has 1 rings (SSSR count). The van der Waals surface area contributed by atoms with Gasteiger partial charge in [0.25, 0.3) is 0 Å². The van der Waals surface area contributed by atoms with Gasteiger partial charge < -0.3 is 10.1 Å². The summed E-state index contributed by atoms with van der Waals surface area (Å²) in [6.45, 7) is 7.44. The molecule has 0 aromatic rings. The van der Waals surface area contributed by atoms with E-state index >= 15 is 0 Å². The molecule has 1 aliphatic heterocycles. The van der Waals surface area contributed by atoms with Gasteiger partial charge in [-0.1, -0.05) is 18.4 Å². The number of rotatable bonds is 1. The number of allylic oxidation sites excluding steroid dienone is 1. The normalized spacial score (nSPS) is 27.8. The Kier molecular flexibility index (Phi) is 2.91. The molecule has 0 aromatic carbocycles. The van der Waals surface area contributed by atoms with Crippen LogP contribution in [-0.4, -0.2) is 25.8 Å². The summed E-state index contributed by atoms with van der Waals surface area (Å²) in [5.74, 6) is 6.08. The predicted octanol–water partition coefficient (Wildman–Crippen LogP) is 0.944. The third-order valence-corrected chi connectivity index (χ3v) is 2.01. The predicted molar refractivity (Wildman–Crippen MR) is 49.8 cm³/mol. The molecule has 0 aliphatic carbocycles. The van der Waals surface area contributed by atoms with Crippen molar-refractivity contribution in [2.24, 2.45) is 0 Å². The van der Waals surface area contributed by atoms with Crippen molar-refractivity contribution in [3.63, 3.8) is 0 Å². The van der Waals surface area contributed by atoms with Gasteiger partial charge in [0, 0.05) is 20.1 Å². The van der Waals surface area contributed by atoms with Crippen LogP contribution in [0.1, 0.15) is 13.3 Å². The maximum Gasteiger partial charge on any atom is 0.142 e. The second-order valence-corrected chi connectivity index (χ2v) is 3.16. The lowest BCUT2D eigenvalue weighted by molar-refractivity contribution is 0.0587. The lowest BCUT2D eigenvalue weighted by atomic mass is 10.0. The Balaban J connectivity index is 2.69. The molecule has 0 saturated carbocycles. The van der Waals surface area contributed by atoms with Gasteiger partial charge in [-0.2, -0.15) is 0 Å². The summed E-state index contributed by atoms with van der Waals surface area (Å²) >= 11 is 0. The maximum absolute atomic E-state index is 5.37. The van der Waals surface area contributed by atoms with Gasteiger partial charge in [-0.05, 0) is 19.0 Å². The van der Waals surface area contributed by atoms with Crippen LogP contribution in [0.3, 0.4) is 0 Å². The number of ether oxygens (including phenoxy) is 1. The summed E-state index contributed by atoms with van der Waals surface area (Å²) in [6, 6.07) is 0. The highest BCUT2D eigenvalue weighted by molar-refractivity contribution is 5.29. The average Bonchev–Trinajstić information content (AvgIpc) is 2.50. The fraction of sp³-hybridized carbons (Fsp3) is 0.600. The van der Waals surface area contributed by atoms with Gasteiger partial charge in [-0.15, -0.1) is 0 Å². The monoisotopic (exact) mass is 165 g/mol. The van der Waals surface area contributed by atoms with E-state index in [9.17, 15) is 0 Å². The van der Waals surface area contributed by atoms with Gasteiger partial charge in [-0.25, -0.2) is 0 Å². The van der Waals surface area contributed by atoms with Crippen molar-refractivity contribution < 1.29 is 4.74 Å². The summed E-state index contributed by atoms with van der Waals surface area (Å²) in [7, 11) is 1.71. The fourth-order valence-electron chi connectivity index (χ4n) is 1.22. The molecular formula is C10H15NO. The van der Waals surface area contributed by atoms with Crippen molar-refractivity contribution in [1.29, 1.82) is 0 Å². The Morgan fingerprint density at radius 2 is 2.42 bits per heavy atom. The van der Waals surface area contributed by atoms with Crippen LogP contribution in [0.4, 0.5) is 0 Å². The first kappa shape index (κ1) is 9.31. The van der Waals surface area contributed by atoms with Gasteiger partial charge in [0.1, 0.15) is 5.60 Å². The minimum atomic E-state index is -0.265. The molecule has 2 nitrogen and oxygen atoms in total. The maximum atomic E-state index is 5.37. The van der Waals surface area contributed by atoms with Crippen LogP contribution in [0, 0.1) is 11.8 Å². The standard InChI is InChI=1S/C10H15NO/c1-9(2)4-5-10(12-3)6-7-11-8-10/h11H,1,6-8H2,2-3H3. The van der Waals surface area contributed by atoms with Crippen LogP contribution >= 0.6 is 0 Å². The Bertz CT molecular complexity index is 228. The molecule has 1 aliphatic rings. The van der Waals surface area contributed by atoms with Crippen molar-refractivity contribution in [3.05, 3.63) is 12.2 Å². The van der Waals surface area contributed by atoms with E-state index in [1.165, 1.54) is 0 Å². The van der Waals surface area contributed by atoms with Crippen LogP contribution in [-0.2, 0) is 4.74 Å². The van der Waals surface area contributed by atoms with E-state index in [2.05, 4.69) is 23.7 Å². The lowest BCUT2D eigenvalue weighted by Crippen LogP contribution is -2.31. The first-order valence-electron chi connectivity index (χ1n) is 4.13. The summed E-state index contributed by atoms with van der Waals surface area (Å²) in [5.41, 5.74) is 0.622. The van der Waals surface area contributed by atoms with Gasteiger partial charge >= 0.3 is 0 Å². The first-order valence-corrected chi connectivity index (χ1v) is 4.13. The summed E-state index contributed by atoms with van der Waals surface area (Å²) in [6.07, 6.45) is 0.962. The number of nitrogens with one attached hydrogen (secondary N) is 1. The highest BCUT2D eigenvalue weighted by Crippen LogP contribution is 2.17. The van der Waals surface area contributed by atoms with Gasteiger partial charge in [0.05, 0.1) is 0 Å². The first-order chi connectivity index (χ1) is 5.68. The Morgan fingerprint density at radius 3 is 2.83 bits per heavy atom. The van der Waals surface area contributed by atoms with E-state index in [1.54, 1.807) is 7.11 Å². The Morgan fingerprint density at radius 1 is 1.67 bits per heavy atom. The third-order valence-electron chi connectivity index (χ3n) is 2.01. The van der Waals surface area contributed by atoms with E-state index in [0.717, 1.165) is 25.1 Å². The van der Waals surface area contributed by atoms with Crippen molar-refractivity contribution in [1.82, 2.24) is 5.32 Å². The van der Waals surface area contributed by atoms with E-state index in [1.807, 2.05) is 6.92 Å². The molecule has 12 heavy (non-hydrogen) atoms. The van der Waals surface area contributed by atoms with Crippen molar-refractivity contribution in [3.8, 4) is 11.8 Å². The molecule has 1 fully saturated rings. The summed E-state index contributed by atoms with van der Waals surface area (Å²) < 4.78 is 5.37. The SMILES string of the molecule is C=C(C)C#CC1(OC)CCNC1. The summed E-state index contributed by atoms with van der Waals surface area (Å²) in [4.78, 5) is 0. The van der Waals surface area contributed by atoms with Crippen LogP contribution in [0.5, 0.6) is 0 Å². The molecule has 0 radical (unpaired) electrons. The molecular weight excluding hydrogens is 150 g/mol. The molecule has 2 heteroatoms. The molecule has 1 saturated heterocycles. The molecule has 1 unspecified atom stereocenters. The van der Waals surface area contributed by atoms with Gasteiger partial charge in [-0.3, -0.25) is 0 Å². The number of methoxy groups -OCH3 is 1. The largest absolute Gasteiger partial charge is 0.364 e. The zero-order chi connectivity index (χ0) is 9.03. The minimum Gasteiger partial charge on any atom is -0.364 e. The third kappa shape index (κ3) is 2.10. The Labute approximate surface area is 74.0 Å². The fourth-order valence-corrected chi connectivity index (χ4v) is 1.22. The average molecular weight is 165 g/mol. The van der Waals surface area contributed by atoms with E-state index in [-0.39, 0.29) is 5.60 Å².